The molecule has 0 radical (unpaired) electrons. The molecule has 1 aliphatic heterocycles. The van der Waals surface area contributed by atoms with Crippen molar-refractivity contribution in [2.45, 2.75) is 18.6 Å². The van der Waals surface area contributed by atoms with Gasteiger partial charge in [0.2, 0.25) is 0 Å². The second kappa shape index (κ2) is 6.72. The second-order valence-electron chi connectivity index (χ2n) is 4.98. The number of hydrogen-bond acceptors (Lipinski definition) is 3. The lowest BCUT2D eigenvalue weighted by atomic mass is 9.98. The molecular formula is C14H18F4N2O. The molecule has 1 aromatic rings. The number of hydrogen-bond donors (Lipinski definition) is 1. The molecule has 3 nitrogen and oxygen atoms in total. The van der Waals surface area contributed by atoms with Crippen molar-refractivity contribution in [1.82, 2.24) is 4.90 Å². The Balaban J connectivity index is 2.37. The third kappa shape index (κ3) is 3.93. The minimum atomic E-state index is -4.60. The maximum absolute atomic E-state index is 13.2. The van der Waals surface area contributed by atoms with E-state index in [1.807, 2.05) is 4.90 Å². The molecule has 21 heavy (non-hydrogen) atoms. The largest absolute Gasteiger partial charge is 0.416 e. The summed E-state index contributed by atoms with van der Waals surface area (Å²) in [5.74, 6) is -0.902. The lowest BCUT2D eigenvalue weighted by molar-refractivity contribution is -0.139. The number of nitrogens with two attached hydrogens (primary N) is 1. The molecule has 1 atom stereocenters. The van der Waals surface area contributed by atoms with Crippen LogP contribution in [0.4, 0.5) is 17.6 Å². The van der Waals surface area contributed by atoms with Gasteiger partial charge < -0.3 is 10.5 Å². The van der Waals surface area contributed by atoms with Crippen LogP contribution in [0.3, 0.4) is 0 Å². The van der Waals surface area contributed by atoms with Gasteiger partial charge in [0.1, 0.15) is 5.82 Å². The molecule has 0 bridgehead atoms. The Kier molecular flexibility index (Phi) is 5.18. The van der Waals surface area contributed by atoms with Crippen molar-refractivity contribution < 1.29 is 22.3 Å². The molecular weight excluding hydrogens is 288 g/mol. The molecule has 2 rings (SSSR count). The van der Waals surface area contributed by atoms with E-state index >= 15 is 0 Å². The van der Waals surface area contributed by atoms with Gasteiger partial charge in [-0.2, -0.15) is 13.2 Å². The molecule has 0 aliphatic carbocycles. The zero-order valence-electron chi connectivity index (χ0n) is 11.5. The molecule has 1 fully saturated rings. The fraction of sp³-hybridized carbons (Fsp3) is 0.571. The summed E-state index contributed by atoms with van der Waals surface area (Å²) >= 11 is 0. The summed E-state index contributed by atoms with van der Waals surface area (Å²) in [5.41, 5.74) is 4.76. The van der Waals surface area contributed by atoms with E-state index in [0.29, 0.717) is 32.4 Å². The van der Waals surface area contributed by atoms with Gasteiger partial charge in [0, 0.05) is 32.3 Å². The minimum absolute atomic E-state index is 0.0216. The Labute approximate surface area is 120 Å². The molecule has 0 saturated carbocycles. The van der Waals surface area contributed by atoms with E-state index in [1.54, 1.807) is 0 Å². The Bertz CT molecular complexity index is 471. The molecule has 1 saturated heterocycles. The predicted molar refractivity (Wildman–Crippen MR) is 70.2 cm³/mol. The van der Waals surface area contributed by atoms with Crippen molar-refractivity contribution >= 4 is 0 Å². The summed E-state index contributed by atoms with van der Waals surface area (Å²) in [6, 6.07) is 2.17. The normalized spacial score (nSPS) is 19.3. The maximum Gasteiger partial charge on any atom is 0.416 e. The van der Waals surface area contributed by atoms with Crippen LogP contribution >= 0.6 is 0 Å². The van der Waals surface area contributed by atoms with Crippen LogP contribution < -0.4 is 5.73 Å². The van der Waals surface area contributed by atoms with Crippen LogP contribution in [0.5, 0.6) is 0 Å². The van der Waals surface area contributed by atoms with E-state index in [0.717, 1.165) is 12.5 Å². The van der Waals surface area contributed by atoms with Gasteiger partial charge in [0.05, 0.1) is 12.2 Å². The highest BCUT2D eigenvalue weighted by Crippen LogP contribution is 2.36. The van der Waals surface area contributed by atoms with Crippen molar-refractivity contribution in [1.29, 1.82) is 0 Å². The summed E-state index contributed by atoms with van der Waals surface area (Å²) in [5, 5.41) is 0. The van der Waals surface area contributed by atoms with E-state index in [1.165, 1.54) is 6.07 Å². The van der Waals surface area contributed by atoms with Crippen LogP contribution in [0, 0.1) is 5.82 Å². The molecule has 1 heterocycles. The van der Waals surface area contributed by atoms with Crippen molar-refractivity contribution in [3.63, 3.8) is 0 Å². The number of halogens is 4. The Hall–Kier alpha value is -1.18. The highest BCUT2D eigenvalue weighted by molar-refractivity contribution is 5.33. The number of nitrogens with zero attached hydrogens (tertiary/aromatic N) is 1. The summed E-state index contributed by atoms with van der Waals surface area (Å²) in [6.07, 6.45) is -3.87. The van der Waals surface area contributed by atoms with Crippen LogP contribution in [0.2, 0.25) is 0 Å². The Morgan fingerprint density at radius 2 is 2.00 bits per heavy atom. The molecule has 2 N–H and O–H groups in total. The molecule has 1 aliphatic rings. The van der Waals surface area contributed by atoms with Gasteiger partial charge >= 0.3 is 6.18 Å². The van der Waals surface area contributed by atoms with Crippen molar-refractivity contribution in [3.05, 3.63) is 35.1 Å². The standard InChI is InChI=1S/C14H18F4N2O/c15-10-2-3-11(12(8-10)14(16,17)18)13(9-19)20-4-1-6-21-7-5-20/h2-3,8,13H,1,4-7,9,19H2. The lowest BCUT2D eigenvalue weighted by Gasteiger charge is -2.31. The minimum Gasteiger partial charge on any atom is -0.380 e. The quantitative estimate of drug-likeness (QED) is 0.872. The number of ether oxygens (including phenoxy) is 1. The first kappa shape index (κ1) is 16.2. The number of alkyl halides is 3. The Morgan fingerprint density at radius 1 is 1.24 bits per heavy atom. The van der Waals surface area contributed by atoms with Gasteiger partial charge in [-0.25, -0.2) is 4.39 Å². The first-order chi connectivity index (χ1) is 9.93. The highest BCUT2D eigenvalue weighted by Gasteiger charge is 2.36. The third-order valence-corrected chi connectivity index (χ3v) is 3.60. The van der Waals surface area contributed by atoms with Gasteiger partial charge in [-0.15, -0.1) is 0 Å². The van der Waals surface area contributed by atoms with E-state index in [-0.39, 0.29) is 12.1 Å². The van der Waals surface area contributed by atoms with E-state index in [2.05, 4.69) is 0 Å². The molecule has 0 aromatic heterocycles. The van der Waals surface area contributed by atoms with E-state index in [9.17, 15) is 17.6 Å². The number of benzene rings is 1. The SMILES string of the molecule is NCC(c1ccc(F)cc1C(F)(F)F)N1CCCOCC1. The second-order valence-corrected chi connectivity index (χ2v) is 4.98. The van der Waals surface area contributed by atoms with Gasteiger partial charge in [-0.1, -0.05) is 6.07 Å². The van der Waals surface area contributed by atoms with Crippen molar-refractivity contribution in [2.75, 3.05) is 32.8 Å². The summed E-state index contributed by atoms with van der Waals surface area (Å²) in [6.45, 7) is 2.20. The zero-order valence-corrected chi connectivity index (χ0v) is 11.5. The fourth-order valence-electron chi connectivity index (χ4n) is 2.61. The van der Waals surface area contributed by atoms with Crippen LogP contribution in [0.1, 0.15) is 23.6 Å². The molecule has 7 heteroatoms. The monoisotopic (exact) mass is 306 g/mol. The lowest BCUT2D eigenvalue weighted by Crippen LogP contribution is -2.36. The van der Waals surface area contributed by atoms with Crippen molar-refractivity contribution in [2.24, 2.45) is 5.73 Å². The zero-order chi connectivity index (χ0) is 15.5. The summed E-state index contributed by atoms with van der Waals surface area (Å²) < 4.78 is 57.9. The van der Waals surface area contributed by atoms with E-state index in [4.69, 9.17) is 10.5 Å². The third-order valence-electron chi connectivity index (χ3n) is 3.60. The van der Waals surface area contributed by atoms with Crippen LogP contribution in [-0.2, 0) is 10.9 Å². The van der Waals surface area contributed by atoms with Gasteiger partial charge in [-0.05, 0) is 24.1 Å². The van der Waals surface area contributed by atoms with Crippen LogP contribution in [0.15, 0.2) is 18.2 Å². The van der Waals surface area contributed by atoms with Crippen molar-refractivity contribution in [3.8, 4) is 0 Å². The van der Waals surface area contributed by atoms with Gasteiger partial charge in [-0.3, -0.25) is 4.90 Å². The van der Waals surface area contributed by atoms with Crippen LogP contribution in [0.25, 0.3) is 0 Å². The van der Waals surface area contributed by atoms with Crippen LogP contribution in [-0.4, -0.2) is 37.7 Å². The van der Waals surface area contributed by atoms with Gasteiger partial charge in [0.15, 0.2) is 0 Å². The molecule has 1 unspecified atom stereocenters. The first-order valence-corrected chi connectivity index (χ1v) is 6.82. The Morgan fingerprint density at radius 3 is 2.67 bits per heavy atom. The summed E-state index contributed by atoms with van der Waals surface area (Å²) in [7, 11) is 0. The molecule has 0 spiro atoms. The first-order valence-electron chi connectivity index (χ1n) is 6.82. The number of rotatable bonds is 3. The molecule has 0 amide bonds. The predicted octanol–water partition coefficient (Wildman–Crippen LogP) is 2.57. The molecule has 1 aromatic carbocycles. The van der Waals surface area contributed by atoms with E-state index < -0.39 is 23.6 Å². The fourth-order valence-corrected chi connectivity index (χ4v) is 2.61. The summed E-state index contributed by atoms with van der Waals surface area (Å²) in [4.78, 5) is 1.87. The van der Waals surface area contributed by atoms with Gasteiger partial charge in [0.25, 0.3) is 0 Å². The smallest absolute Gasteiger partial charge is 0.380 e. The average molecular weight is 306 g/mol. The topological polar surface area (TPSA) is 38.5 Å². The average Bonchev–Trinajstić information content (AvgIpc) is 2.69. The highest BCUT2D eigenvalue weighted by atomic mass is 19.4. The maximum atomic E-state index is 13.2. The molecule has 118 valence electrons.